The molecule has 0 N–H and O–H groups in total. The normalized spacial score (nSPS) is 16.3. The van der Waals surface area contributed by atoms with Crippen molar-refractivity contribution in [3.05, 3.63) is 92.4 Å². The smallest absolute Gasteiger partial charge is 0.161 e. The van der Waals surface area contributed by atoms with E-state index < -0.39 is 0 Å². The van der Waals surface area contributed by atoms with E-state index in [0.717, 1.165) is 40.5 Å². The Kier molecular flexibility index (Phi) is 6.14. The molecule has 5 heteroatoms. The molecule has 0 radical (unpaired) electrons. The lowest BCUT2D eigenvalue weighted by molar-refractivity contribution is 0.203. The molecule has 0 fully saturated rings. The van der Waals surface area contributed by atoms with Crippen molar-refractivity contribution in [1.82, 2.24) is 4.90 Å². The third-order valence-corrected chi connectivity index (χ3v) is 6.14. The molecule has 1 aliphatic rings. The Morgan fingerprint density at radius 2 is 1.76 bits per heavy atom. The van der Waals surface area contributed by atoms with Gasteiger partial charge in [-0.3, -0.25) is 4.90 Å². The molecule has 0 saturated carbocycles. The van der Waals surface area contributed by atoms with Gasteiger partial charge in [-0.1, -0.05) is 51.8 Å². The van der Waals surface area contributed by atoms with Crippen molar-refractivity contribution in [3.8, 4) is 11.5 Å². The van der Waals surface area contributed by atoms with Gasteiger partial charge in [0.2, 0.25) is 0 Å². The van der Waals surface area contributed by atoms with Gasteiger partial charge in [0.1, 0.15) is 0 Å². The molecule has 0 spiro atoms. The largest absolute Gasteiger partial charge is 0.493 e. The Bertz CT molecular complexity index is 1020. The third-order valence-electron chi connectivity index (χ3n) is 5.41. The second-order valence-electron chi connectivity index (χ2n) is 7.21. The SMILES string of the molecule is COc1cc2c(cc1OC)[C@H](c1cccc(Cl)c1)N(Cc1cccc(Br)c1)CC2. The lowest BCUT2D eigenvalue weighted by atomic mass is 9.87. The fourth-order valence-corrected chi connectivity index (χ4v) is 4.75. The molecule has 3 nitrogen and oxygen atoms in total. The molecule has 0 aliphatic carbocycles. The number of hydrogen-bond acceptors (Lipinski definition) is 3. The summed E-state index contributed by atoms with van der Waals surface area (Å²) >= 11 is 9.95. The predicted molar refractivity (Wildman–Crippen MR) is 121 cm³/mol. The molecule has 0 bridgehead atoms. The lowest BCUT2D eigenvalue weighted by Crippen LogP contribution is -2.35. The summed E-state index contributed by atoms with van der Waals surface area (Å²) in [5.74, 6) is 1.53. The van der Waals surface area contributed by atoms with Gasteiger partial charge in [0, 0.05) is 22.6 Å². The topological polar surface area (TPSA) is 21.7 Å². The molecule has 3 aromatic rings. The van der Waals surface area contributed by atoms with Crippen molar-refractivity contribution in [2.75, 3.05) is 20.8 Å². The van der Waals surface area contributed by atoms with E-state index in [1.165, 1.54) is 22.3 Å². The van der Waals surface area contributed by atoms with Crippen molar-refractivity contribution < 1.29 is 9.47 Å². The standard InChI is InChI=1S/C24H23BrClNO2/c1-28-22-13-17-9-10-27(15-16-5-3-7-19(25)11-16)24(21(17)14-23(22)29-2)18-6-4-8-20(26)12-18/h3-8,11-14,24H,9-10,15H2,1-2H3/t24-/m0/s1. The second kappa shape index (κ2) is 8.78. The van der Waals surface area contributed by atoms with Crippen LogP contribution in [-0.2, 0) is 13.0 Å². The molecule has 150 valence electrons. The van der Waals surface area contributed by atoms with Gasteiger partial charge in [0.15, 0.2) is 11.5 Å². The van der Waals surface area contributed by atoms with Gasteiger partial charge in [-0.05, 0) is 65.1 Å². The quantitative estimate of drug-likeness (QED) is 0.437. The first kappa shape index (κ1) is 20.3. The van der Waals surface area contributed by atoms with E-state index in [0.29, 0.717) is 0 Å². The Labute approximate surface area is 185 Å². The summed E-state index contributed by atoms with van der Waals surface area (Å²) in [5.41, 5.74) is 4.99. The number of halogens is 2. The zero-order chi connectivity index (χ0) is 20.4. The molecule has 29 heavy (non-hydrogen) atoms. The molecular weight excluding hydrogens is 450 g/mol. The number of benzene rings is 3. The monoisotopic (exact) mass is 471 g/mol. The Hall–Kier alpha value is -2.01. The molecule has 0 amide bonds. The highest BCUT2D eigenvalue weighted by Gasteiger charge is 2.30. The number of methoxy groups -OCH3 is 2. The van der Waals surface area contributed by atoms with Gasteiger partial charge in [-0.2, -0.15) is 0 Å². The predicted octanol–water partition coefficient (Wildman–Crippen LogP) is 6.27. The average Bonchev–Trinajstić information content (AvgIpc) is 2.72. The third kappa shape index (κ3) is 4.30. The first-order valence-corrected chi connectivity index (χ1v) is 10.7. The maximum Gasteiger partial charge on any atom is 0.161 e. The van der Waals surface area contributed by atoms with Crippen molar-refractivity contribution >= 4 is 27.5 Å². The van der Waals surface area contributed by atoms with E-state index in [2.05, 4.69) is 69.4 Å². The Balaban J connectivity index is 1.80. The minimum atomic E-state index is 0.0937. The minimum absolute atomic E-state index is 0.0937. The van der Waals surface area contributed by atoms with Crippen LogP contribution in [0, 0.1) is 0 Å². The molecule has 1 aliphatic heterocycles. The molecular formula is C24H23BrClNO2. The fourth-order valence-electron chi connectivity index (χ4n) is 4.10. The summed E-state index contributed by atoms with van der Waals surface area (Å²) in [4.78, 5) is 2.50. The van der Waals surface area contributed by atoms with Gasteiger partial charge < -0.3 is 9.47 Å². The van der Waals surface area contributed by atoms with Crippen LogP contribution in [0.2, 0.25) is 5.02 Å². The Morgan fingerprint density at radius 3 is 2.48 bits per heavy atom. The van der Waals surface area contributed by atoms with E-state index in [9.17, 15) is 0 Å². The Morgan fingerprint density at radius 1 is 1.00 bits per heavy atom. The second-order valence-corrected chi connectivity index (χ2v) is 8.57. The zero-order valence-electron chi connectivity index (χ0n) is 16.5. The van der Waals surface area contributed by atoms with E-state index in [1.807, 2.05) is 12.1 Å². The molecule has 1 heterocycles. The van der Waals surface area contributed by atoms with Crippen LogP contribution in [0.3, 0.4) is 0 Å². The van der Waals surface area contributed by atoms with Gasteiger partial charge in [0.25, 0.3) is 0 Å². The zero-order valence-corrected chi connectivity index (χ0v) is 18.8. The van der Waals surface area contributed by atoms with Crippen LogP contribution in [0.5, 0.6) is 11.5 Å². The lowest BCUT2D eigenvalue weighted by Gasteiger charge is -2.38. The summed E-state index contributed by atoms with van der Waals surface area (Å²) in [6, 6.07) is 21.0. The van der Waals surface area contributed by atoms with E-state index in [4.69, 9.17) is 21.1 Å². The fraction of sp³-hybridized carbons (Fsp3) is 0.250. The summed E-state index contributed by atoms with van der Waals surface area (Å²) in [5, 5.41) is 0.748. The highest BCUT2D eigenvalue weighted by molar-refractivity contribution is 9.10. The van der Waals surface area contributed by atoms with Crippen LogP contribution in [0.25, 0.3) is 0 Å². The first-order valence-electron chi connectivity index (χ1n) is 9.58. The highest BCUT2D eigenvalue weighted by Crippen LogP contribution is 2.42. The van der Waals surface area contributed by atoms with Crippen molar-refractivity contribution in [2.24, 2.45) is 0 Å². The van der Waals surface area contributed by atoms with E-state index >= 15 is 0 Å². The van der Waals surface area contributed by atoms with E-state index in [-0.39, 0.29) is 6.04 Å². The van der Waals surface area contributed by atoms with Gasteiger partial charge >= 0.3 is 0 Å². The van der Waals surface area contributed by atoms with Crippen LogP contribution in [0.4, 0.5) is 0 Å². The highest BCUT2D eigenvalue weighted by atomic mass is 79.9. The average molecular weight is 473 g/mol. The number of rotatable bonds is 5. The molecule has 3 aromatic carbocycles. The minimum Gasteiger partial charge on any atom is -0.493 e. The van der Waals surface area contributed by atoms with Crippen molar-refractivity contribution in [2.45, 2.75) is 19.0 Å². The number of hydrogen-bond donors (Lipinski definition) is 0. The van der Waals surface area contributed by atoms with Crippen LogP contribution >= 0.6 is 27.5 Å². The van der Waals surface area contributed by atoms with Crippen LogP contribution in [0.15, 0.2) is 65.1 Å². The molecule has 0 unspecified atom stereocenters. The first-order chi connectivity index (χ1) is 14.1. The van der Waals surface area contributed by atoms with Gasteiger partial charge in [0.05, 0.1) is 20.3 Å². The summed E-state index contributed by atoms with van der Waals surface area (Å²) in [6.07, 6.45) is 0.959. The molecule has 1 atom stereocenters. The van der Waals surface area contributed by atoms with E-state index in [1.54, 1.807) is 14.2 Å². The van der Waals surface area contributed by atoms with Crippen LogP contribution < -0.4 is 9.47 Å². The molecule has 0 saturated heterocycles. The maximum atomic E-state index is 6.36. The van der Waals surface area contributed by atoms with Gasteiger partial charge in [-0.15, -0.1) is 0 Å². The van der Waals surface area contributed by atoms with Crippen molar-refractivity contribution in [1.29, 1.82) is 0 Å². The van der Waals surface area contributed by atoms with Crippen LogP contribution in [-0.4, -0.2) is 25.7 Å². The maximum absolute atomic E-state index is 6.36. The number of nitrogens with zero attached hydrogens (tertiary/aromatic N) is 1. The summed E-state index contributed by atoms with van der Waals surface area (Å²) < 4.78 is 12.2. The summed E-state index contributed by atoms with van der Waals surface area (Å²) in [6.45, 7) is 1.80. The number of fused-ring (bicyclic) bond motifs is 1. The van der Waals surface area contributed by atoms with Crippen molar-refractivity contribution in [3.63, 3.8) is 0 Å². The van der Waals surface area contributed by atoms with Gasteiger partial charge in [-0.25, -0.2) is 0 Å². The molecule has 4 rings (SSSR count). The summed E-state index contributed by atoms with van der Waals surface area (Å²) in [7, 11) is 3.36. The van der Waals surface area contributed by atoms with Crippen LogP contribution in [0.1, 0.15) is 28.3 Å². The number of ether oxygens (including phenoxy) is 2. The molecule has 0 aromatic heterocycles.